The van der Waals surface area contributed by atoms with Crippen LogP contribution in [0.3, 0.4) is 0 Å². The summed E-state index contributed by atoms with van der Waals surface area (Å²) in [5.74, 6) is -1.64. The lowest BCUT2D eigenvalue weighted by molar-refractivity contribution is -0.138. The Balaban J connectivity index is 1.41. The predicted molar refractivity (Wildman–Crippen MR) is 142 cm³/mol. The van der Waals surface area contributed by atoms with E-state index in [-0.39, 0.29) is 28.0 Å². The van der Waals surface area contributed by atoms with E-state index >= 15 is 4.39 Å². The predicted octanol–water partition coefficient (Wildman–Crippen LogP) is 4.24. The van der Waals surface area contributed by atoms with Crippen LogP contribution in [0, 0.1) is 23.1 Å². The molecule has 1 atom stereocenters. The number of carbonyl (C=O) groups is 2. The average molecular weight is 575 g/mol. The maximum absolute atomic E-state index is 15.3. The molecule has 1 aromatic carbocycles. The molecule has 2 aliphatic heterocycles. The lowest BCUT2D eigenvalue weighted by Crippen LogP contribution is -2.55. The van der Waals surface area contributed by atoms with Gasteiger partial charge in [0.15, 0.2) is 10.8 Å². The largest absolute Gasteiger partial charge is 0.419 e. The number of hydrogen-bond acceptors (Lipinski definition) is 6. The van der Waals surface area contributed by atoms with Gasteiger partial charge in [-0.15, -0.1) is 0 Å². The van der Waals surface area contributed by atoms with Crippen molar-refractivity contribution < 1.29 is 27.2 Å². The summed E-state index contributed by atoms with van der Waals surface area (Å²) < 4.78 is 56.0. The molecule has 40 heavy (non-hydrogen) atoms. The molecule has 8 nitrogen and oxygen atoms in total. The van der Waals surface area contributed by atoms with Crippen molar-refractivity contribution in [2.24, 2.45) is 5.92 Å². The van der Waals surface area contributed by atoms with Gasteiger partial charge in [-0.3, -0.25) is 14.5 Å². The molecule has 3 aliphatic rings. The van der Waals surface area contributed by atoms with Crippen LogP contribution in [0.15, 0.2) is 30.5 Å². The number of alkyl halides is 3. The van der Waals surface area contributed by atoms with Crippen molar-refractivity contribution in [3.05, 3.63) is 53.1 Å². The minimum atomic E-state index is -4.88. The number of nitrogens with one attached hydrogen (secondary N) is 1. The molecule has 1 N–H and O–H groups in total. The first-order valence-corrected chi connectivity index (χ1v) is 13.3. The van der Waals surface area contributed by atoms with E-state index in [9.17, 15) is 22.8 Å². The van der Waals surface area contributed by atoms with Crippen molar-refractivity contribution >= 4 is 40.5 Å². The van der Waals surface area contributed by atoms with Gasteiger partial charge < -0.3 is 15.1 Å². The molecular weight excluding hydrogens is 548 g/mol. The number of hydrogen-bond donors (Lipinski definition) is 1. The van der Waals surface area contributed by atoms with Crippen LogP contribution in [-0.4, -0.2) is 59.0 Å². The van der Waals surface area contributed by atoms with E-state index in [2.05, 4.69) is 15.2 Å². The molecule has 0 radical (unpaired) electrons. The third-order valence-electron chi connectivity index (χ3n) is 7.86. The van der Waals surface area contributed by atoms with Gasteiger partial charge in [-0.25, -0.2) is 9.37 Å². The molecule has 5 rings (SSSR count). The molecular formula is C27H26F4N6O2S. The second kappa shape index (κ2) is 10.4. The number of piperidine rings is 1. The fraction of sp³-hybridized carbons (Fsp3) is 0.444. The molecule has 1 saturated carbocycles. The highest BCUT2D eigenvalue weighted by atomic mass is 32.1. The minimum Gasteiger partial charge on any atom is -0.352 e. The Hall–Kier alpha value is -3.63. The summed E-state index contributed by atoms with van der Waals surface area (Å²) >= 11 is 5.55. The molecule has 2 saturated heterocycles. The number of rotatable bonds is 5. The first kappa shape index (κ1) is 27.9. The number of pyridine rings is 1. The molecule has 2 amide bonds. The standard InChI is InChI=1S/C27H26F4N6O2S/c1-35-9-2-4-16(15-35)13-34-23(38)19-6-5-17(11-21(19)28)37-25(40)36(24(39)26(37)7-3-8-26)18-10-20(27(29,30)31)22(12-32)33-14-18/h5-6,10-11,14,16H,2-4,7-9,13,15H2,1H3,(H,34,38)/t16-/m1/s1. The van der Waals surface area contributed by atoms with Gasteiger partial charge >= 0.3 is 6.18 Å². The molecule has 3 heterocycles. The van der Waals surface area contributed by atoms with Crippen LogP contribution in [0.5, 0.6) is 0 Å². The maximum atomic E-state index is 15.3. The van der Waals surface area contributed by atoms with Crippen LogP contribution >= 0.6 is 12.2 Å². The number of halogens is 4. The van der Waals surface area contributed by atoms with Gasteiger partial charge in [0.1, 0.15) is 17.4 Å². The Morgan fingerprint density at radius 2 is 2.00 bits per heavy atom. The van der Waals surface area contributed by atoms with Gasteiger partial charge in [0.25, 0.3) is 11.8 Å². The van der Waals surface area contributed by atoms with E-state index in [0.29, 0.717) is 31.9 Å². The SMILES string of the molecule is CN1CCC[C@H](CNC(=O)c2ccc(N3C(=S)N(c4cnc(C#N)c(C(F)(F)F)c4)C(=O)C34CCC4)cc2F)C1. The van der Waals surface area contributed by atoms with Gasteiger partial charge in [0.05, 0.1) is 23.0 Å². The highest BCUT2D eigenvalue weighted by molar-refractivity contribution is 7.81. The quantitative estimate of drug-likeness (QED) is 0.422. The molecule has 1 aromatic heterocycles. The van der Waals surface area contributed by atoms with Gasteiger partial charge in [-0.05, 0) is 88.1 Å². The number of nitriles is 1. The number of benzene rings is 1. The number of amides is 2. The zero-order chi connectivity index (χ0) is 28.8. The third kappa shape index (κ3) is 4.79. The molecule has 1 aliphatic carbocycles. The number of carbonyl (C=O) groups excluding carboxylic acids is 2. The molecule has 0 unspecified atom stereocenters. The van der Waals surface area contributed by atoms with Crippen molar-refractivity contribution in [1.29, 1.82) is 5.26 Å². The van der Waals surface area contributed by atoms with E-state index in [1.807, 2.05) is 7.05 Å². The summed E-state index contributed by atoms with van der Waals surface area (Å²) in [6.45, 7) is 2.27. The smallest absolute Gasteiger partial charge is 0.352 e. The highest BCUT2D eigenvalue weighted by Gasteiger charge is 2.60. The Morgan fingerprint density at radius 3 is 2.60 bits per heavy atom. The zero-order valence-electron chi connectivity index (χ0n) is 21.6. The lowest BCUT2D eigenvalue weighted by atomic mass is 9.75. The molecule has 1 spiro atoms. The van der Waals surface area contributed by atoms with Gasteiger partial charge in [0, 0.05) is 18.8 Å². The zero-order valence-corrected chi connectivity index (χ0v) is 22.4. The van der Waals surface area contributed by atoms with E-state index in [4.69, 9.17) is 17.5 Å². The highest BCUT2D eigenvalue weighted by Crippen LogP contribution is 2.48. The third-order valence-corrected chi connectivity index (χ3v) is 8.23. The first-order valence-electron chi connectivity index (χ1n) is 12.9. The Bertz CT molecular complexity index is 1420. The summed E-state index contributed by atoms with van der Waals surface area (Å²) in [4.78, 5) is 34.5. The summed E-state index contributed by atoms with van der Waals surface area (Å²) in [5, 5.41) is 11.7. The van der Waals surface area contributed by atoms with Crippen LogP contribution in [-0.2, 0) is 11.0 Å². The molecule has 13 heteroatoms. The molecule has 3 fully saturated rings. The van der Waals surface area contributed by atoms with Crippen LogP contribution in [0.25, 0.3) is 0 Å². The second-order valence-corrected chi connectivity index (χ2v) is 10.9. The fourth-order valence-electron chi connectivity index (χ4n) is 5.69. The van der Waals surface area contributed by atoms with Crippen molar-refractivity contribution in [2.75, 3.05) is 36.5 Å². The monoisotopic (exact) mass is 574 g/mol. The van der Waals surface area contributed by atoms with Crippen LogP contribution in [0.4, 0.5) is 28.9 Å². The first-order chi connectivity index (χ1) is 19.0. The van der Waals surface area contributed by atoms with Gasteiger partial charge in [0.2, 0.25) is 0 Å². The van der Waals surface area contributed by atoms with Crippen molar-refractivity contribution in [2.45, 2.75) is 43.8 Å². The van der Waals surface area contributed by atoms with E-state index in [1.54, 1.807) is 0 Å². The lowest BCUT2D eigenvalue weighted by Gasteiger charge is -2.43. The van der Waals surface area contributed by atoms with E-state index in [0.717, 1.165) is 43.1 Å². The van der Waals surface area contributed by atoms with Crippen molar-refractivity contribution in [3.63, 3.8) is 0 Å². The van der Waals surface area contributed by atoms with Crippen LogP contribution in [0.1, 0.15) is 53.7 Å². The Kier molecular flexibility index (Phi) is 7.26. The van der Waals surface area contributed by atoms with Crippen molar-refractivity contribution in [1.82, 2.24) is 15.2 Å². The Morgan fingerprint density at radius 1 is 1.25 bits per heavy atom. The topological polar surface area (TPSA) is 92.6 Å². The number of anilines is 2. The maximum Gasteiger partial charge on any atom is 0.419 e. The summed E-state index contributed by atoms with van der Waals surface area (Å²) in [7, 11) is 2.02. The average Bonchev–Trinajstić information content (AvgIpc) is 3.13. The number of nitrogens with zero attached hydrogens (tertiary/aromatic N) is 5. The Labute approximate surface area is 233 Å². The number of aromatic nitrogens is 1. The van der Waals surface area contributed by atoms with E-state index in [1.165, 1.54) is 23.1 Å². The summed E-state index contributed by atoms with van der Waals surface area (Å²) in [6.07, 6.45) is -0.494. The van der Waals surface area contributed by atoms with Crippen LogP contribution < -0.4 is 15.1 Å². The molecule has 210 valence electrons. The number of likely N-dealkylation sites (tertiary alicyclic amines) is 1. The summed E-state index contributed by atoms with van der Waals surface area (Å²) in [5.41, 5.74) is -3.48. The number of thiocarbonyl (C=S) groups is 1. The van der Waals surface area contributed by atoms with Crippen molar-refractivity contribution in [3.8, 4) is 6.07 Å². The second-order valence-electron chi connectivity index (χ2n) is 10.5. The normalized spacial score (nSPS) is 20.9. The molecule has 0 bridgehead atoms. The van der Waals surface area contributed by atoms with E-state index < -0.39 is 40.6 Å². The minimum absolute atomic E-state index is 0.137. The van der Waals surface area contributed by atoms with Crippen LogP contribution in [0.2, 0.25) is 0 Å². The van der Waals surface area contributed by atoms with Gasteiger partial charge in [-0.1, -0.05) is 0 Å². The summed E-state index contributed by atoms with van der Waals surface area (Å²) in [6, 6.07) is 6.00. The molecule has 2 aromatic rings. The fourth-order valence-corrected chi connectivity index (χ4v) is 6.16. The van der Waals surface area contributed by atoms with Gasteiger partial charge in [-0.2, -0.15) is 18.4 Å².